The lowest BCUT2D eigenvalue weighted by atomic mass is 10.1. The third-order valence-electron chi connectivity index (χ3n) is 3.11. The van der Waals surface area contributed by atoms with Crippen molar-refractivity contribution in [2.45, 2.75) is 13.0 Å². The summed E-state index contributed by atoms with van der Waals surface area (Å²) in [4.78, 5) is 10.4. The summed E-state index contributed by atoms with van der Waals surface area (Å²) in [6, 6.07) is 10.3. The van der Waals surface area contributed by atoms with Crippen LogP contribution in [0.3, 0.4) is 0 Å². The number of anilines is 1. The maximum Gasteiger partial charge on any atom is 0.271 e. The molecule has 1 N–H and O–H groups in total. The molecule has 0 aliphatic rings. The maximum absolute atomic E-state index is 13.2. The Hall–Kier alpha value is -2.63. The third-order valence-corrected chi connectivity index (χ3v) is 3.11. The molecule has 2 aromatic carbocycles. The molecular weight excluding hydrogens is 275 g/mol. The minimum atomic E-state index is -0.475. The number of methoxy groups -OCH3 is 1. The Morgan fingerprint density at radius 3 is 2.67 bits per heavy atom. The van der Waals surface area contributed by atoms with E-state index >= 15 is 0 Å². The first kappa shape index (κ1) is 14.8. The third kappa shape index (κ3) is 3.47. The second-order valence-corrected chi connectivity index (χ2v) is 4.56. The van der Waals surface area contributed by atoms with Gasteiger partial charge in [-0.05, 0) is 30.7 Å². The molecule has 0 aliphatic heterocycles. The fourth-order valence-corrected chi connectivity index (χ4v) is 2.01. The topological polar surface area (TPSA) is 64.4 Å². The van der Waals surface area contributed by atoms with Gasteiger partial charge < -0.3 is 10.1 Å². The lowest BCUT2D eigenvalue weighted by Gasteiger charge is -2.17. The van der Waals surface area contributed by atoms with Crippen LogP contribution >= 0.6 is 0 Å². The highest BCUT2D eigenvalue weighted by molar-refractivity contribution is 5.62. The molecule has 5 nitrogen and oxygen atoms in total. The Morgan fingerprint density at radius 1 is 1.29 bits per heavy atom. The van der Waals surface area contributed by atoms with Gasteiger partial charge in [0.25, 0.3) is 5.69 Å². The van der Waals surface area contributed by atoms with Gasteiger partial charge in [0.05, 0.1) is 17.7 Å². The summed E-state index contributed by atoms with van der Waals surface area (Å²) in [7, 11) is 1.49. The summed E-state index contributed by atoms with van der Waals surface area (Å²) in [5, 5.41) is 13.9. The second kappa shape index (κ2) is 6.21. The molecule has 0 amide bonds. The molecule has 0 spiro atoms. The molecule has 0 saturated heterocycles. The summed E-state index contributed by atoms with van der Waals surface area (Å²) in [5.41, 5.74) is 1.19. The van der Waals surface area contributed by atoms with Gasteiger partial charge in [0.15, 0.2) is 0 Å². The maximum atomic E-state index is 13.2. The number of nitrogens with one attached hydrogen (secondary N) is 1. The molecule has 0 bridgehead atoms. The van der Waals surface area contributed by atoms with Crippen LogP contribution in [0.4, 0.5) is 15.8 Å². The van der Waals surface area contributed by atoms with Crippen molar-refractivity contribution in [3.05, 3.63) is 64.0 Å². The van der Waals surface area contributed by atoms with Gasteiger partial charge in [-0.3, -0.25) is 10.1 Å². The minimum absolute atomic E-state index is 0.0373. The summed E-state index contributed by atoms with van der Waals surface area (Å²) >= 11 is 0. The Labute approximate surface area is 121 Å². The number of hydrogen-bond acceptors (Lipinski definition) is 4. The van der Waals surface area contributed by atoms with Crippen LogP contribution in [0.15, 0.2) is 42.5 Å². The van der Waals surface area contributed by atoms with E-state index in [0.29, 0.717) is 11.4 Å². The first-order valence-corrected chi connectivity index (χ1v) is 6.35. The molecule has 1 unspecified atom stereocenters. The van der Waals surface area contributed by atoms with Crippen molar-refractivity contribution in [2.75, 3.05) is 12.4 Å². The Morgan fingerprint density at radius 2 is 2.05 bits per heavy atom. The van der Waals surface area contributed by atoms with Crippen LogP contribution in [0.25, 0.3) is 0 Å². The SMILES string of the molecule is COc1ccc([N+](=O)[O-])cc1NC(C)c1cccc(F)c1. The number of nitro groups is 1. The van der Waals surface area contributed by atoms with Gasteiger partial charge in [0.2, 0.25) is 0 Å². The van der Waals surface area contributed by atoms with Gasteiger partial charge in [0.1, 0.15) is 11.6 Å². The predicted octanol–water partition coefficient (Wildman–Crippen LogP) is 3.92. The van der Waals surface area contributed by atoms with Crippen molar-refractivity contribution < 1.29 is 14.1 Å². The summed E-state index contributed by atoms with van der Waals surface area (Å²) in [6.07, 6.45) is 0. The highest BCUT2D eigenvalue weighted by Crippen LogP contribution is 2.31. The number of non-ortho nitro benzene ring substituents is 1. The Balaban J connectivity index is 2.29. The van der Waals surface area contributed by atoms with E-state index in [1.807, 2.05) is 6.92 Å². The zero-order valence-corrected chi connectivity index (χ0v) is 11.7. The molecule has 0 aliphatic carbocycles. The molecular formula is C15H15FN2O3. The van der Waals surface area contributed by atoms with Crippen LogP contribution in [0.2, 0.25) is 0 Å². The average molecular weight is 290 g/mol. The van der Waals surface area contributed by atoms with Crippen molar-refractivity contribution in [3.8, 4) is 5.75 Å². The molecule has 110 valence electrons. The highest BCUT2D eigenvalue weighted by atomic mass is 19.1. The number of hydrogen-bond donors (Lipinski definition) is 1. The van der Waals surface area contributed by atoms with E-state index in [9.17, 15) is 14.5 Å². The van der Waals surface area contributed by atoms with Gasteiger partial charge >= 0.3 is 0 Å². The van der Waals surface area contributed by atoms with Gasteiger partial charge in [0, 0.05) is 18.2 Å². The fourth-order valence-electron chi connectivity index (χ4n) is 2.01. The Bertz CT molecular complexity index is 661. The van der Waals surface area contributed by atoms with Crippen LogP contribution in [0.1, 0.15) is 18.5 Å². The lowest BCUT2D eigenvalue weighted by Crippen LogP contribution is -2.08. The van der Waals surface area contributed by atoms with E-state index in [0.717, 1.165) is 5.56 Å². The van der Waals surface area contributed by atoms with E-state index < -0.39 is 4.92 Å². The standard InChI is InChI=1S/C15H15FN2O3/c1-10(11-4-3-5-12(16)8-11)17-14-9-13(18(19)20)6-7-15(14)21-2/h3-10,17H,1-2H3. The molecule has 2 rings (SSSR count). The van der Waals surface area contributed by atoms with E-state index in [-0.39, 0.29) is 17.5 Å². The number of nitro benzene ring substituents is 1. The number of nitrogens with zero attached hydrogens (tertiary/aromatic N) is 1. The number of rotatable bonds is 5. The van der Waals surface area contributed by atoms with E-state index in [2.05, 4.69) is 5.32 Å². The molecule has 0 fully saturated rings. The normalized spacial score (nSPS) is 11.8. The number of benzene rings is 2. The first-order valence-electron chi connectivity index (χ1n) is 6.35. The quantitative estimate of drug-likeness (QED) is 0.669. The van der Waals surface area contributed by atoms with Crippen molar-refractivity contribution in [2.24, 2.45) is 0 Å². The van der Waals surface area contributed by atoms with Gasteiger partial charge in [-0.1, -0.05) is 12.1 Å². The van der Waals surface area contributed by atoms with Crippen molar-refractivity contribution in [1.29, 1.82) is 0 Å². The average Bonchev–Trinajstić information content (AvgIpc) is 2.47. The molecule has 6 heteroatoms. The Kier molecular flexibility index (Phi) is 4.37. The number of ether oxygens (including phenoxy) is 1. The molecule has 21 heavy (non-hydrogen) atoms. The molecule has 0 heterocycles. The van der Waals surface area contributed by atoms with Crippen LogP contribution in [-0.4, -0.2) is 12.0 Å². The van der Waals surface area contributed by atoms with Crippen LogP contribution in [0, 0.1) is 15.9 Å². The smallest absolute Gasteiger partial charge is 0.271 e. The first-order chi connectivity index (χ1) is 10.0. The highest BCUT2D eigenvalue weighted by Gasteiger charge is 2.14. The van der Waals surface area contributed by atoms with E-state index in [1.54, 1.807) is 12.1 Å². The van der Waals surface area contributed by atoms with Crippen molar-refractivity contribution >= 4 is 11.4 Å². The largest absolute Gasteiger partial charge is 0.495 e. The van der Waals surface area contributed by atoms with Crippen molar-refractivity contribution in [3.63, 3.8) is 0 Å². The molecule has 0 radical (unpaired) electrons. The lowest BCUT2D eigenvalue weighted by molar-refractivity contribution is -0.384. The molecule has 1 atom stereocenters. The van der Waals surface area contributed by atoms with Gasteiger partial charge in [-0.15, -0.1) is 0 Å². The van der Waals surface area contributed by atoms with E-state index in [4.69, 9.17) is 4.74 Å². The summed E-state index contributed by atoms with van der Waals surface area (Å²) in [5.74, 6) is 0.163. The fraction of sp³-hybridized carbons (Fsp3) is 0.200. The zero-order valence-electron chi connectivity index (χ0n) is 11.7. The van der Waals surface area contributed by atoms with Crippen molar-refractivity contribution in [1.82, 2.24) is 0 Å². The predicted molar refractivity (Wildman–Crippen MR) is 78.1 cm³/mol. The minimum Gasteiger partial charge on any atom is -0.495 e. The second-order valence-electron chi connectivity index (χ2n) is 4.56. The summed E-state index contributed by atoms with van der Waals surface area (Å²) in [6.45, 7) is 1.84. The van der Waals surface area contributed by atoms with Gasteiger partial charge in [-0.25, -0.2) is 4.39 Å². The van der Waals surface area contributed by atoms with Gasteiger partial charge in [-0.2, -0.15) is 0 Å². The zero-order chi connectivity index (χ0) is 15.4. The monoisotopic (exact) mass is 290 g/mol. The van der Waals surface area contributed by atoms with E-state index in [1.165, 1.54) is 37.4 Å². The molecule has 0 aromatic heterocycles. The molecule has 2 aromatic rings. The van der Waals surface area contributed by atoms with Crippen LogP contribution < -0.4 is 10.1 Å². The number of halogens is 1. The van der Waals surface area contributed by atoms with Crippen LogP contribution in [-0.2, 0) is 0 Å². The summed E-state index contributed by atoms with van der Waals surface area (Å²) < 4.78 is 18.4. The van der Waals surface area contributed by atoms with Crippen LogP contribution in [0.5, 0.6) is 5.75 Å². The molecule has 0 saturated carbocycles.